The molecule has 0 unspecified atom stereocenters. The maximum Gasteiger partial charge on any atom is 0.264 e. The summed E-state index contributed by atoms with van der Waals surface area (Å²) < 4.78 is 10.8. The van der Waals surface area contributed by atoms with Gasteiger partial charge in [-0.1, -0.05) is 37.3 Å². The molecule has 2 rings (SSSR count). The first kappa shape index (κ1) is 17.9. The van der Waals surface area contributed by atoms with E-state index in [1.165, 1.54) is 11.3 Å². The number of methoxy groups -OCH3 is 1. The molecule has 1 N–H and O–H groups in total. The van der Waals surface area contributed by atoms with Crippen molar-refractivity contribution < 1.29 is 14.3 Å². The smallest absolute Gasteiger partial charge is 0.264 e. The Hall–Kier alpha value is -2.41. The van der Waals surface area contributed by atoms with Gasteiger partial charge in [-0.2, -0.15) is 0 Å². The topological polar surface area (TPSA) is 73.3 Å². The van der Waals surface area contributed by atoms with Gasteiger partial charge < -0.3 is 9.47 Å². The van der Waals surface area contributed by atoms with Gasteiger partial charge in [0.05, 0.1) is 7.11 Å². The molecule has 0 saturated carbocycles. The number of anilines is 1. The van der Waals surface area contributed by atoms with E-state index in [-0.39, 0.29) is 18.4 Å². The Morgan fingerprint density at radius 3 is 2.79 bits per heavy atom. The molecule has 0 atom stereocenters. The van der Waals surface area contributed by atoms with Crippen LogP contribution in [0.2, 0.25) is 0 Å². The molecule has 7 heteroatoms. The minimum Gasteiger partial charge on any atom is -0.493 e. The van der Waals surface area contributed by atoms with Gasteiger partial charge in [-0.05, 0) is 24.1 Å². The van der Waals surface area contributed by atoms with E-state index in [4.69, 9.17) is 9.47 Å². The number of hydrogen-bond donors (Lipinski definition) is 1. The molecular weight excluding hydrogens is 326 g/mol. The van der Waals surface area contributed by atoms with Crippen LogP contribution in [0.3, 0.4) is 0 Å². The highest BCUT2D eigenvalue weighted by Crippen LogP contribution is 2.28. The fourth-order valence-corrected chi connectivity index (χ4v) is 2.70. The number of carbonyl (C=O) groups excluding carboxylic acids is 1. The number of hydrogen-bond acceptors (Lipinski definition) is 6. The molecule has 0 spiro atoms. The maximum atomic E-state index is 12.0. The third kappa shape index (κ3) is 4.79. The lowest BCUT2D eigenvalue weighted by Crippen LogP contribution is -2.20. The fourth-order valence-electron chi connectivity index (χ4n) is 1.94. The first-order valence-corrected chi connectivity index (χ1v) is 8.39. The van der Waals surface area contributed by atoms with Gasteiger partial charge in [0, 0.05) is 5.92 Å². The molecule has 0 fully saturated rings. The van der Waals surface area contributed by atoms with Crippen molar-refractivity contribution in [1.82, 2.24) is 10.2 Å². The largest absolute Gasteiger partial charge is 0.493 e. The number of allylic oxidation sites excluding steroid dienone is 1. The Bertz CT molecular complexity index is 713. The van der Waals surface area contributed by atoms with Crippen LogP contribution in [0.4, 0.5) is 5.13 Å². The van der Waals surface area contributed by atoms with E-state index in [0.717, 1.165) is 17.0 Å². The van der Waals surface area contributed by atoms with E-state index in [1.807, 2.05) is 32.1 Å². The number of nitrogens with zero attached hydrogens (tertiary/aromatic N) is 2. The quantitative estimate of drug-likeness (QED) is 0.741. The summed E-state index contributed by atoms with van der Waals surface area (Å²) in [5.41, 5.74) is 1.06. The van der Waals surface area contributed by atoms with Crippen LogP contribution in [0, 0.1) is 0 Å². The molecule has 0 aliphatic carbocycles. The third-order valence-corrected chi connectivity index (χ3v) is 4.29. The molecule has 1 heterocycles. The van der Waals surface area contributed by atoms with Gasteiger partial charge in [-0.15, -0.1) is 16.8 Å². The lowest BCUT2D eigenvalue weighted by Gasteiger charge is -2.11. The van der Waals surface area contributed by atoms with Gasteiger partial charge in [0.15, 0.2) is 18.1 Å². The molecule has 0 saturated heterocycles. The van der Waals surface area contributed by atoms with Crippen LogP contribution in [-0.2, 0) is 11.2 Å². The molecule has 1 aromatic carbocycles. The zero-order valence-corrected chi connectivity index (χ0v) is 14.9. The summed E-state index contributed by atoms with van der Waals surface area (Å²) in [6, 6.07) is 5.57. The summed E-state index contributed by atoms with van der Waals surface area (Å²) in [5, 5.41) is 12.0. The third-order valence-electron chi connectivity index (χ3n) is 3.15. The zero-order valence-electron chi connectivity index (χ0n) is 14.0. The van der Waals surface area contributed by atoms with Crippen LogP contribution in [0.15, 0.2) is 30.9 Å². The number of rotatable bonds is 8. The van der Waals surface area contributed by atoms with Crippen LogP contribution in [0.5, 0.6) is 11.5 Å². The number of amides is 1. The van der Waals surface area contributed by atoms with Gasteiger partial charge in [-0.25, -0.2) is 0 Å². The minimum atomic E-state index is -0.293. The van der Waals surface area contributed by atoms with Gasteiger partial charge in [0.2, 0.25) is 5.13 Å². The molecule has 0 aliphatic heterocycles. The van der Waals surface area contributed by atoms with Crippen molar-refractivity contribution in [1.29, 1.82) is 0 Å². The first-order chi connectivity index (χ1) is 11.5. The summed E-state index contributed by atoms with van der Waals surface area (Å²) in [5.74, 6) is 1.09. The molecule has 0 radical (unpaired) electrons. The van der Waals surface area contributed by atoms with Crippen LogP contribution in [-0.4, -0.2) is 29.8 Å². The normalized spacial score (nSPS) is 10.5. The van der Waals surface area contributed by atoms with Crippen molar-refractivity contribution in [3.8, 4) is 11.5 Å². The van der Waals surface area contributed by atoms with Gasteiger partial charge in [0.25, 0.3) is 5.91 Å². The average molecular weight is 347 g/mol. The molecule has 0 bridgehead atoms. The Balaban J connectivity index is 1.94. The van der Waals surface area contributed by atoms with E-state index >= 15 is 0 Å². The predicted octanol–water partition coefficient (Wildman–Crippen LogP) is 3.42. The van der Waals surface area contributed by atoms with Crippen molar-refractivity contribution in [3.63, 3.8) is 0 Å². The second kappa shape index (κ2) is 8.44. The van der Waals surface area contributed by atoms with Crippen molar-refractivity contribution >= 4 is 22.4 Å². The summed E-state index contributed by atoms with van der Waals surface area (Å²) in [6.07, 6.45) is 2.56. The monoisotopic (exact) mass is 347 g/mol. The predicted molar refractivity (Wildman–Crippen MR) is 95.0 cm³/mol. The average Bonchev–Trinajstić information content (AvgIpc) is 3.02. The molecule has 1 amide bonds. The Morgan fingerprint density at radius 1 is 1.38 bits per heavy atom. The fraction of sp³-hybridized carbons (Fsp3) is 0.353. The SMILES string of the molecule is C=CCc1ccc(OCC(=O)Nc2nnc(C(C)C)s2)c(OC)c1. The van der Waals surface area contributed by atoms with Crippen LogP contribution < -0.4 is 14.8 Å². The number of nitrogens with one attached hydrogen (secondary N) is 1. The molecule has 24 heavy (non-hydrogen) atoms. The summed E-state index contributed by atoms with van der Waals surface area (Å²) >= 11 is 1.36. The molecule has 6 nitrogen and oxygen atoms in total. The van der Waals surface area contributed by atoms with Crippen LogP contribution in [0.1, 0.15) is 30.3 Å². The van der Waals surface area contributed by atoms with Crippen molar-refractivity contribution in [2.45, 2.75) is 26.2 Å². The van der Waals surface area contributed by atoms with E-state index in [1.54, 1.807) is 13.2 Å². The van der Waals surface area contributed by atoms with Gasteiger partial charge in [-0.3, -0.25) is 10.1 Å². The van der Waals surface area contributed by atoms with E-state index in [9.17, 15) is 4.79 Å². The highest BCUT2D eigenvalue weighted by Gasteiger charge is 2.12. The number of ether oxygens (including phenoxy) is 2. The second-order valence-corrected chi connectivity index (χ2v) is 6.42. The molecule has 2 aromatic rings. The summed E-state index contributed by atoms with van der Waals surface area (Å²) in [7, 11) is 1.56. The Labute approximate surface area is 145 Å². The lowest BCUT2D eigenvalue weighted by molar-refractivity contribution is -0.118. The Morgan fingerprint density at radius 2 is 2.17 bits per heavy atom. The number of carbonyl (C=O) groups is 1. The molecular formula is C17H21N3O3S. The van der Waals surface area contributed by atoms with Gasteiger partial charge >= 0.3 is 0 Å². The minimum absolute atomic E-state index is 0.131. The molecule has 128 valence electrons. The van der Waals surface area contributed by atoms with Crippen molar-refractivity contribution in [2.75, 3.05) is 19.0 Å². The first-order valence-electron chi connectivity index (χ1n) is 7.57. The van der Waals surface area contributed by atoms with Crippen molar-refractivity contribution in [3.05, 3.63) is 41.4 Å². The van der Waals surface area contributed by atoms with Gasteiger partial charge in [0.1, 0.15) is 5.01 Å². The lowest BCUT2D eigenvalue weighted by atomic mass is 10.1. The standard InChI is InChI=1S/C17H21N3O3S/c1-5-6-12-7-8-13(14(9-12)22-4)23-10-15(21)18-17-20-19-16(24-17)11(2)3/h5,7-9,11H,1,6,10H2,2-4H3,(H,18,20,21). The number of benzene rings is 1. The van der Waals surface area contributed by atoms with E-state index in [2.05, 4.69) is 22.1 Å². The van der Waals surface area contributed by atoms with E-state index < -0.39 is 0 Å². The molecule has 1 aromatic heterocycles. The second-order valence-electron chi connectivity index (χ2n) is 5.42. The zero-order chi connectivity index (χ0) is 17.5. The van der Waals surface area contributed by atoms with E-state index in [0.29, 0.717) is 16.6 Å². The highest BCUT2D eigenvalue weighted by molar-refractivity contribution is 7.15. The summed E-state index contributed by atoms with van der Waals surface area (Å²) in [4.78, 5) is 12.0. The molecule has 0 aliphatic rings. The van der Waals surface area contributed by atoms with Crippen molar-refractivity contribution in [2.24, 2.45) is 0 Å². The Kier molecular flexibility index (Phi) is 6.31. The van der Waals surface area contributed by atoms with Crippen LogP contribution in [0.25, 0.3) is 0 Å². The van der Waals surface area contributed by atoms with Crippen LogP contribution >= 0.6 is 11.3 Å². The number of aromatic nitrogens is 2. The summed E-state index contributed by atoms with van der Waals surface area (Å²) in [6.45, 7) is 7.63. The maximum absolute atomic E-state index is 12.0. The highest BCUT2D eigenvalue weighted by atomic mass is 32.1.